The van der Waals surface area contributed by atoms with Gasteiger partial charge in [-0.05, 0) is 37.1 Å². The molecular weight excluding hydrogens is 370 g/mol. The molecule has 8 nitrogen and oxygen atoms in total. The molecule has 2 aliphatic rings. The molecule has 0 aromatic heterocycles. The predicted octanol–water partition coefficient (Wildman–Crippen LogP) is 0.714. The number of rotatable bonds is 4. The number of morpholine rings is 1. The van der Waals surface area contributed by atoms with E-state index in [0.29, 0.717) is 44.8 Å². The molecule has 0 unspecified atom stereocenters. The Hall–Kier alpha value is -2.23. The maximum Gasteiger partial charge on any atom is 0.238 e. The topological polar surface area (TPSA) is 119 Å². The number of benzene rings is 1. The predicted molar refractivity (Wildman–Crippen MR) is 99.2 cm³/mol. The fourth-order valence-electron chi connectivity index (χ4n) is 3.36. The summed E-state index contributed by atoms with van der Waals surface area (Å²) in [5.41, 5.74) is 0.458. The molecule has 0 bridgehead atoms. The first-order chi connectivity index (χ1) is 12.9. The highest BCUT2D eigenvalue weighted by molar-refractivity contribution is 7.89. The van der Waals surface area contributed by atoms with Crippen LogP contribution in [-0.4, -0.2) is 51.4 Å². The molecular formula is C18H23N3O5S. The molecule has 2 atom stereocenters. The number of hydrogen-bond acceptors (Lipinski definition) is 5. The SMILES string of the molecule is NS(=O)(=O)c1ccc(NC(=O)[C@H]2CC=CC[C@H]2C(=O)N2CCOCC2)cc1. The van der Waals surface area contributed by atoms with E-state index in [1.54, 1.807) is 4.90 Å². The van der Waals surface area contributed by atoms with Gasteiger partial charge in [-0.25, -0.2) is 13.6 Å². The molecule has 146 valence electrons. The van der Waals surface area contributed by atoms with Crippen LogP contribution in [0.5, 0.6) is 0 Å². The molecule has 1 aliphatic carbocycles. The maximum absolute atomic E-state index is 12.9. The Morgan fingerprint density at radius 2 is 1.63 bits per heavy atom. The lowest BCUT2D eigenvalue weighted by Gasteiger charge is -2.34. The summed E-state index contributed by atoms with van der Waals surface area (Å²) in [6, 6.07) is 5.63. The lowest BCUT2D eigenvalue weighted by atomic mass is 9.81. The summed E-state index contributed by atoms with van der Waals surface area (Å²) in [6.07, 6.45) is 4.87. The van der Waals surface area contributed by atoms with Crippen LogP contribution in [-0.2, 0) is 24.3 Å². The minimum absolute atomic E-state index is 0.0210. The number of nitrogens with one attached hydrogen (secondary N) is 1. The van der Waals surface area contributed by atoms with Crippen molar-refractivity contribution in [1.29, 1.82) is 0 Å². The van der Waals surface area contributed by atoms with Crippen molar-refractivity contribution < 1.29 is 22.7 Å². The average molecular weight is 393 g/mol. The van der Waals surface area contributed by atoms with Gasteiger partial charge in [0.15, 0.2) is 0 Å². The summed E-state index contributed by atoms with van der Waals surface area (Å²) >= 11 is 0. The van der Waals surface area contributed by atoms with Crippen molar-refractivity contribution in [3.8, 4) is 0 Å². The number of amides is 2. The second-order valence-corrected chi connectivity index (χ2v) is 8.21. The molecule has 2 amide bonds. The van der Waals surface area contributed by atoms with E-state index < -0.39 is 21.9 Å². The van der Waals surface area contributed by atoms with Gasteiger partial charge in [0.25, 0.3) is 0 Å². The van der Waals surface area contributed by atoms with Crippen molar-refractivity contribution in [2.75, 3.05) is 31.6 Å². The molecule has 0 spiro atoms. The van der Waals surface area contributed by atoms with Crippen LogP contribution in [0.15, 0.2) is 41.3 Å². The van der Waals surface area contributed by atoms with Crippen LogP contribution >= 0.6 is 0 Å². The zero-order valence-corrected chi connectivity index (χ0v) is 15.7. The number of allylic oxidation sites excluding steroid dienone is 2. The van der Waals surface area contributed by atoms with Crippen LogP contribution < -0.4 is 10.5 Å². The highest BCUT2D eigenvalue weighted by Gasteiger charge is 2.36. The Morgan fingerprint density at radius 1 is 1.04 bits per heavy atom. The molecule has 3 N–H and O–H groups in total. The Morgan fingerprint density at radius 3 is 2.22 bits per heavy atom. The van der Waals surface area contributed by atoms with Crippen LogP contribution in [0.1, 0.15) is 12.8 Å². The Kier molecular flexibility index (Phi) is 5.93. The number of ether oxygens (including phenoxy) is 1. The second kappa shape index (κ2) is 8.20. The van der Waals surface area contributed by atoms with E-state index in [4.69, 9.17) is 9.88 Å². The van der Waals surface area contributed by atoms with Crippen LogP contribution in [0.4, 0.5) is 5.69 Å². The van der Waals surface area contributed by atoms with Crippen LogP contribution in [0.2, 0.25) is 0 Å². The zero-order chi connectivity index (χ0) is 19.4. The molecule has 3 rings (SSSR count). The minimum atomic E-state index is -3.78. The fraction of sp³-hybridized carbons (Fsp3) is 0.444. The summed E-state index contributed by atoms with van der Waals surface area (Å²) in [5.74, 6) is -1.15. The van der Waals surface area contributed by atoms with Crippen LogP contribution in [0, 0.1) is 11.8 Å². The third-order valence-electron chi connectivity index (χ3n) is 4.86. The molecule has 1 saturated heterocycles. The van der Waals surface area contributed by atoms with Crippen molar-refractivity contribution in [3.05, 3.63) is 36.4 Å². The van der Waals surface area contributed by atoms with Crippen molar-refractivity contribution in [3.63, 3.8) is 0 Å². The van der Waals surface area contributed by atoms with Gasteiger partial charge in [0.1, 0.15) is 0 Å². The quantitative estimate of drug-likeness (QED) is 0.731. The number of sulfonamides is 1. The number of hydrogen-bond donors (Lipinski definition) is 2. The molecule has 1 aromatic rings. The number of carbonyl (C=O) groups excluding carboxylic acids is 2. The molecule has 27 heavy (non-hydrogen) atoms. The van der Waals surface area contributed by atoms with E-state index in [0.717, 1.165) is 0 Å². The molecule has 1 aromatic carbocycles. The van der Waals surface area contributed by atoms with Gasteiger partial charge in [0, 0.05) is 18.8 Å². The molecule has 0 radical (unpaired) electrons. The lowest BCUT2D eigenvalue weighted by Crippen LogP contribution is -2.47. The average Bonchev–Trinajstić information content (AvgIpc) is 2.68. The smallest absolute Gasteiger partial charge is 0.238 e. The van der Waals surface area contributed by atoms with Gasteiger partial charge >= 0.3 is 0 Å². The number of nitrogens with zero attached hydrogens (tertiary/aromatic N) is 1. The van der Waals surface area contributed by atoms with Gasteiger partial charge in [-0.1, -0.05) is 12.2 Å². The first-order valence-corrected chi connectivity index (χ1v) is 10.4. The van der Waals surface area contributed by atoms with Crippen molar-refractivity contribution in [2.45, 2.75) is 17.7 Å². The zero-order valence-electron chi connectivity index (χ0n) is 14.8. The number of anilines is 1. The summed E-state index contributed by atoms with van der Waals surface area (Å²) in [4.78, 5) is 27.3. The molecule has 1 heterocycles. The van der Waals surface area contributed by atoms with Gasteiger partial charge in [0.2, 0.25) is 21.8 Å². The third kappa shape index (κ3) is 4.74. The van der Waals surface area contributed by atoms with Gasteiger partial charge in [-0.15, -0.1) is 0 Å². The monoisotopic (exact) mass is 393 g/mol. The van der Waals surface area contributed by atoms with Crippen LogP contribution in [0.25, 0.3) is 0 Å². The van der Waals surface area contributed by atoms with E-state index in [-0.39, 0.29) is 16.7 Å². The highest BCUT2D eigenvalue weighted by Crippen LogP contribution is 2.29. The van der Waals surface area contributed by atoms with Gasteiger partial charge in [0.05, 0.1) is 29.9 Å². The Balaban J connectivity index is 1.70. The number of nitrogens with two attached hydrogens (primary N) is 1. The van der Waals surface area contributed by atoms with Gasteiger partial charge in [-0.2, -0.15) is 0 Å². The van der Waals surface area contributed by atoms with Crippen molar-refractivity contribution >= 4 is 27.5 Å². The molecule has 0 saturated carbocycles. The Bertz CT molecular complexity index is 829. The van der Waals surface area contributed by atoms with Crippen molar-refractivity contribution in [2.24, 2.45) is 17.0 Å². The fourth-order valence-corrected chi connectivity index (χ4v) is 3.87. The Labute approximate surface area is 158 Å². The first-order valence-electron chi connectivity index (χ1n) is 8.81. The highest BCUT2D eigenvalue weighted by atomic mass is 32.2. The molecule has 9 heteroatoms. The largest absolute Gasteiger partial charge is 0.378 e. The summed E-state index contributed by atoms with van der Waals surface area (Å²) in [7, 11) is -3.78. The van der Waals surface area contributed by atoms with Gasteiger partial charge < -0.3 is 15.0 Å². The van der Waals surface area contributed by atoms with Crippen molar-refractivity contribution in [1.82, 2.24) is 4.90 Å². The lowest BCUT2D eigenvalue weighted by molar-refractivity contribution is -0.144. The minimum Gasteiger partial charge on any atom is -0.378 e. The number of carbonyl (C=O) groups is 2. The summed E-state index contributed by atoms with van der Waals surface area (Å²) in [6.45, 7) is 2.12. The number of primary sulfonamides is 1. The van der Waals surface area contributed by atoms with E-state index in [1.807, 2.05) is 12.2 Å². The van der Waals surface area contributed by atoms with E-state index in [9.17, 15) is 18.0 Å². The van der Waals surface area contributed by atoms with Crippen LogP contribution in [0.3, 0.4) is 0 Å². The standard InChI is InChI=1S/C18H23N3O5S/c19-27(24,25)14-7-5-13(6-8-14)20-17(22)15-3-1-2-4-16(15)18(23)21-9-11-26-12-10-21/h1-2,5-8,15-16H,3-4,9-12H2,(H,20,22)(H2,19,24,25)/t15-,16+/m0/s1. The first kappa shape index (κ1) is 19.5. The summed E-state index contributed by atoms with van der Waals surface area (Å²) < 4.78 is 27.9. The second-order valence-electron chi connectivity index (χ2n) is 6.65. The van der Waals surface area contributed by atoms with E-state index >= 15 is 0 Å². The summed E-state index contributed by atoms with van der Waals surface area (Å²) in [5, 5.41) is 7.85. The molecule has 1 aliphatic heterocycles. The van der Waals surface area contributed by atoms with E-state index in [2.05, 4.69) is 5.32 Å². The maximum atomic E-state index is 12.9. The molecule has 1 fully saturated rings. The van der Waals surface area contributed by atoms with E-state index in [1.165, 1.54) is 24.3 Å². The van der Waals surface area contributed by atoms with Gasteiger partial charge in [-0.3, -0.25) is 9.59 Å². The normalized spacial score (nSPS) is 23.1. The third-order valence-corrected chi connectivity index (χ3v) is 5.79.